The summed E-state index contributed by atoms with van der Waals surface area (Å²) in [6.07, 6.45) is -1.10. The highest BCUT2D eigenvalue weighted by Gasteiger charge is 2.33. The number of aliphatic hydroxyl groups is 1. The molecular formula is C14H16BrFN2O4. The molecule has 1 aliphatic rings. The van der Waals surface area contributed by atoms with Crippen LogP contribution in [0.1, 0.15) is 15.9 Å². The van der Waals surface area contributed by atoms with E-state index in [1.165, 1.54) is 17.0 Å². The average Bonchev–Trinajstić information content (AvgIpc) is 2.49. The van der Waals surface area contributed by atoms with Gasteiger partial charge < -0.3 is 20.0 Å². The first-order chi connectivity index (χ1) is 10.3. The van der Waals surface area contributed by atoms with E-state index in [4.69, 9.17) is 5.11 Å². The third-order valence-corrected chi connectivity index (χ3v) is 4.56. The number of amides is 2. The largest absolute Gasteiger partial charge is 0.465 e. The molecule has 1 fully saturated rings. The number of aliphatic hydroxyl groups excluding tert-OH is 1. The predicted octanol–water partition coefficient (Wildman–Crippen LogP) is 1.69. The van der Waals surface area contributed by atoms with Gasteiger partial charge in [0.25, 0.3) is 5.91 Å². The van der Waals surface area contributed by atoms with E-state index in [9.17, 15) is 19.1 Å². The Kier molecular flexibility index (Phi) is 5.02. The number of carboxylic acid groups (broad SMARTS) is 1. The van der Waals surface area contributed by atoms with E-state index in [1.807, 2.05) is 0 Å². The molecule has 8 heteroatoms. The van der Waals surface area contributed by atoms with Crippen LogP contribution in [-0.4, -0.2) is 64.3 Å². The first-order valence-corrected chi connectivity index (χ1v) is 7.49. The van der Waals surface area contributed by atoms with Crippen LogP contribution in [0, 0.1) is 12.7 Å². The number of carbonyl (C=O) groups is 2. The van der Waals surface area contributed by atoms with Crippen molar-refractivity contribution < 1.29 is 24.2 Å². The van der Waals surface area contributed by atoms with Crippen molar-refractivity contribution in [3.63, 3.8) is 0 Å². The molecule has 1 heterocycles. The van der Waals surface area contributed by atoms with Crippen LogP contribution in [0.15, 0.2) is 16.6 Å². The monoisotopic (exact) mass is 374 g/mol. The maximum atomic E-state index is 14.0. The van der Waals surface area contributed by atoms with Crippen LogP contribution in [0.3, 0.4) is 0 Å². The Morgan fingerprint density at radius 3 is 2.68 bits per heavy atom. The molecule has 0 aliphatic carbocycles. The summed E-state index contributed by atoms with van der Waals surface area (Å²) < 4.78 is 14.6. The third-order valence-electron chi connectivity index (χ3n) is 3.70. The zero-order valence-corrected chi connectivity index (χ0v) is 13.5. The fourth-order valence-corrected chi connectivity index (χ4v) is 2.74. The van der Waals surface area contributed by atoms with Crippen LogP contribution in [0.5, 0.6) is 0 Å². The van der Waals surface area contributed by atoms with Gasteiger partial charge in [-0.2, -0.15) is 0 Å². The van der Waals surface area contributed by atoms with Gasteiger partial charge in [0, 0.05) is 24.1 Å². The number of benzene rings is 1. The molecule has 2 rings (SSSR count). The zero-order valence-electron chi connectivity index (χ0n) is 11.9. The van der Waals surface area contributed by atoms with E-state index >= 15 is 0 Å². The van der Waals surface area contributed by atoms with Crippen molar-refractivity contribution in [3.05, 3.63) is 33.5 Å². The van der Waals surface area contributed by atoms with Crippen LogP contribution in [0.2, 0.25) is 0 Å². The van der Waals surface area contributed by atoms with Crippen molar-refractivity contribution in [3.8, 4) is 0 Å². The predicted molar refractivity (Wildman–Crippen MR) is 80.3 cm³/mol. The Labute approximate surface area is 135 Å². The second kappa shape index (κ2) is 6.62. The summed E-state index contributed by atoms with van der Waals surface area (Å²) in [5.74, 6) is -1.20. The molecule has 1 aromatic carbocycles. The molecule has 1 saturated heterocycles. The molecule has 1 aromatic rings. The molecule has 22 heavy (non-hydrogen) atoms. The number of piperazine rings is 1. The standard InChI is InChI=1S/C14H16BrFN2O4/c1-8-4-10(12(16)5-11(8)15)13(20)18-3-2-17(14(21)22)6-9(18)7-19/h4-5,9,19H,2-3,6-7H2,1H3,(H,21,22). The molecular weight excluding hydrogens is 359 g/mol. The Balaban J connectivity index is 2.25. The smallest absolute Gasteiger partial charge is 0.407 e. The van der Waals surface area contributed by atoms with Gasteiger partial charge in [0.2, 0.25) is 0 Å². The molecule has 1 atom stereocenters. The molecule has 1 unspecified atom stereocenters. The van der Waals surface area contributed by atoms with Gasteiger partial charge in [-0.25, -0.2) is 9.18 Å². The number of halogens is 2. The minimum absolute atomic E-state index is 0.00863. The van der Waals surface area contributed by atoms with Crippen LogP contribution in [0.25, 0.3) is 0 Å². The molecule has 0 saturated carbocycles. The SMILES string of the molecule is Cc1cc(C(=O)N2CCN(C(=O)O)CC2CO)c(F)cc1Br. The van der Waals surface area contributed by atoms with E-state index in [0.717, 1.165) is 10.5 Å². The van der Waals surface area contributed by atoms with Crippen molar-refractivity contribution in [2.24, 2.45) is 0 Å². The first kappa shape index (κ1) is 16.7. The summed E-state index contributed by atoms with van der Waals surface area (Å²) in [4.78, 5) is 26.0. The van der Waals surface area contributed by atoms with Crippen molar-refractivity contribution in [1.29, 1.82) is 0 Å². The number of carbonyl (C=O) groups excluding carboxylic acids is 1. The fraction of sp³-hybridized carbons (Fsp3) is 0.429. The Hall–Kier alpha value is -1.67. The number of hydrogen-bond acceptors (Lipinski definition) is 3. The molecule has 0 radical (unpaired) electrons. The number of nitrogens with zero attached hydrogens (tertiary/aromatic N) is 2. The highest BCUT2D eigenvalue weighted by Crippen LogP contribution is 2.23. The summed E-state index contributed by atoms with van der Waals surface area (Å²) in [5, 5.41) is 18.4. The fourth-order valence-electron chi connectivity index (χ4n) is 2.43. The Morgan fingerprint density at radius 2 is 2.09 bits per heavy atom. The van der Waals surface area contributed by atoms with Gasteiger partial charge in [-0.15, -0.1) is 0 Å². The molecule has 0 spiro atoms. The second-order valence-corrected chi connectivity index (χ2v) is 6.00. The zero-order chi connectivity index (χ0) is 16.4. The van der Waals surface area contributed by atoms with Crippen LogP contribution in [-0.2, 0) is 0 Å². The third kappa shape index (κ3) is 3.22. The normalized spacial score (nSPS) is 18.5. The molecule has 0 aromatic heterocycles. The van der Waals surface area contributed by atoms with E-state index in [-0.39, 0.29) is 31.8 Å². The average molecular weight is 375 g/mol. The first-order valence-electron chi connectivity index (χ1n) is 6.70. The van der Waals surface area contributed by atoms with Crippen LogP contribution >= 0.6 is 15.9 Å². The molecule has 0 bridgehead atoms. The van der Waals surface area contributed by atoms with Gasteiger partial charge in [-0.05, 0) is 24.6 Å². The van der Waals surface area contributed by atoms with Gasteiger partial charge in [0.1, 0.15) is 5.82 Å². The van der Waals surface area contributed by atoms with E-state index < -0.39 is 23.9 Å². The number of rotatable bonds is 2. The lowest BCUT2D eigenvalue weighted by Gasteiger charge is -2.39. The number of aryl methyl sites for hydroxylation is 1. The van der Waals surface area contributed by atoms with Crippen LogP contribution in [0.4, 0.5) is 9.18 Å². The molecule has 6 nitrogen and oxygen atoms in total. The molecule has 2 amide bonds. The van der Waals surface area contributed by atoms with E-state index in [2.05, 4.69) is 15.9 Å². The Bertz CT molecular complexity index is 611. The Morgan fingerprint density at radius 1 is 1.41 bits per heavy atom. The van der Waals surface area contributed by atoms with Crippen molar-refractivity contribution in [2.75, 3.05) is 26.2 Å². The van der Waals surface area contributed by atoms with Crippen molar-refractivity contribution in [2.45, 2.75) is 13.0 Å². The van der Waals surface area contributed by atoms with Gasteiger partial charge >= 0.3 is 6.09 Å². The minimum Gasteiger partial charge on any atom is -0.465 e. The maximum absolute atomic E-state index is 14.0. The highest BCUT2D eigenvalue weighted by molar-refractivity contribution is 9.10. The summed E-state index contributed by atoms with van der Waals surface area (Å²) >= 11 is 3.20. The highest BCUT2D eigenvalue weighted by atomic mass is 79.9. The van der Waals surface area contributed by atoms with Gasteiger partial charge in [-0.3, -0.25) is 4.79 Å². The second-order valence-electron chi connectivity index (χ2n) is 5.14. The lowest BCUT2D eigenvalue weighted by molar-refractivity contribution is 0.0306. The van der Waals surface area contributed by atoms with Gasteiger partial charge in [0.05, 0.1) is 18.2 Å². The van der Waals surface area contributed by atoms with E-state index in [1.54, 1.807) is 6.92 Å². The summed E-state index contributed by atoms with van der Waals surface area (Å²) in [6.45, 7) is 1.62. The van der Waals surface area contributed by atoms with E-state index in [0.29, 0.717) is 4.47 Å². The van der Waals surface area contributed by atoms with Crippen molar-refractivity contribution >= 4 is 27.9 Å². The minimum atomic E-state index is -1.10. The summed E-state index contributed by atoms with van der Waals surface area (Å²) in [5.41, 5.74) is 0.636. The molecule has 2 N–H and O–H groups in total. The lowest BCUT2D eigenvalue weighted by Crippen LogP contribution is -2.57. The summed E-state index contributed by atoms with van der Waals surface area (Å²) in [6, 6.07) is 1.99. The summed E-state index contributed by atoms with van der Waals surface area (Å²) in [7, 11) is 0. The topological polar surface area (TPSA) is 81.1 Å². The quantitative estimate of drug-likeness (QED) is 0.825. The lowest BCUT2D eigenvalue weighted by atomic mass is 10.1. The van der Waals surface area contributed by atoms with Gasteiger partial charge in [-0.1, -0.05) is 15.9 Å². The van der Waals surface area contributed by atoms with Gasteiger partial charge in [0.15, 0.2) is 0 Å². The molecule has 1 aliphatic heterocycles. The van der Waals surface area contributed by atoms with Crippen LogP contribution < -0.4 is 0 Å². The number of hydrogen-bond donors (Lipinski definition) is 2. The maximum Gasteiger partial charge on any atom is 0.407 e. The molecule has 120 valence electrons. The van der Waals surface area contributed by atoms with Crippen molar-refractivity contribution in [1.82, 2.24) is 9.80 Å².